The highest BCUT2D eigenvalue weighted by molar-refractivity contribution is 6.05. The fourth-order valence-electron chi connectivity index (χ4n) is 1.41. The second-order valence-corrected chi connectivity index (χ2v) is 3.77. The SMILES string of the molecule is Nc1cc[n+](/C=C/C(=O)c2ccc(F)cc2)cc1.[Cl-]. The molecule has 0 aliphatic heterocycles. The third kappa shape index (κ3) is 4.19. The minimum absolute atomic E-state index is 0. The molecule has 0 unspecified atom stereocenters. The Balaban J connectivity index is 0.00000180. The number of anilines is 1. The summed E-state index contributed by atoms with van der Waals surface area (Å²) < 4.78 is 14.4. The molecule has 0 spiro atoms. The third-order valence-electron chi connectivity index (χ3n) is 2.41. The molecule has 1 aromatic carbocycles. The fourth-order valence-corrected chi connectivity index (χ4v) is 1.41. The van der Waals surface area contributed by atoms with Gasteiger partial charge >= 0.3 is 0 Å². The second kappa shape index (κ2) is 6.66. The molecule has 0 bridgehead atoms. The lowest BCUT2D eigenvalue weighted by Crippen LogP contribution is -3.00. The average molecular weight is 279 g/mol. The van der Waals surface area contributed by atoms with Crippen LogP contribution in [0.3, 0.4) is 0 Å². The zero-order valence-corrected chi connectivity index (χ0v) is 10.7. The summed E-state index contributed by atoms with van der Waals surface area (Å²) in [4.78, 5) is 11.7. The van der Waals surface area contributed by atoms with Gasteiger partial charge in [0.25, 0.3) is 0 Å². The summed E-state index contributed by atoms with van der Waals surface area (Å²) >= 11 is 0. The zero-order valence-electron chi connectivity index (χ0n) is 9.96. The van der Waals surface area contributed by atoms with Crippen molar-refractivity contribution in [3.05, 3.63) is 66.2 Å². The van der Waals surface area contributed by atoms with E-state index in [0.29, 0.717) is 11.3 Å². The largest absolute Gasteiger partial charge is 1.00 e. The van der Waals surface area contributed by atoms with Crippen molar-refractivity contribution < 1.29 is 26.2 Å². The van der Waals surface area contributed by atoms with Gasteiger partial charge in [-0.05, 0) is 24.3 Å². The van der Waals surface area contributed by atoms with E-state index in [-0.39, 0.29) is 24.0 Å². The van der Waals surface area contributed by atoms with Gasteiger partial charge in [0.15, 0.2) is 24.4 Å². The monoisotopic (exact) mass is 278 g/mol. The number of nitrogen functional groups attached to an aromatic ring is 1. The van der Waals surface area contributed by atoms with Crippen molar-refractivity contribution in [1.29, 1.82) is 0 Å². The number of carbonyl (C=O) groups is 1. The highest BCUT2D eigenvalue weighted by atomic mass is 35.5. The molecule has 2 N–H and O–H groups in total. The zero-order chi connectivity index (χ0) is 13.0. The van der Waals surface area contributed by atoms with Gasteiger partial charge in [-0.3, -0.25) is 4.79 Å². The second-order valence-electron chi connectivity index (χ2n) is 3.77. The molecule has 5 heteroatoms. The van der Waals surface area contributed by atoms with Gasteiger partial charge < -0.3 is 18.1 Å². The summed E-state index contributed by atoms with van der Waals surface area (Å²) in [5.41, 5.74) is 6.65. The third-order valence-corrected chi connectivity index (χ3v) is 2.41. The van der Waals surface area contributed by atoms with E-state index in [1.807, 2.05) is 0 Å². The minimum atomic E-state index is -0.358. The molecule has 3 nitrogen and oxygen atoms in total. The van der Waals surface area contributed by atoms with Crippen molar-refractivity contribution in [1.82, 2.24) is 0 Å². The molecule has 0 aliphatic rings. The normalized spacial score (nSPS) is 10.2. The fraction of sp³-hybridized carbons (Fsp3) is 0. The minimum Gasteiger partial charge on any atom is -1.00 e. The van der Waals surface area contributed by atoms with E-state index in [2.05, 4.69) is 0 Å². The number of pyridine rings is 1. The van der Waals surface area contributed by atoms with Crippen LogP contribution >= 0.6 is 0 Å². The number of hydrogen-bond donors (Lipinski definition) is 1. The van der Waals surface area contributed by atoms with E-state index >= 15 is 0 Å². The van der Waals surface area contributed by atoms with E-state index in [1.54, 1.807) is 35.3 Å². The molecule has 19 heavy (non-hydrogen) atoms. The van der Waals surface area contributed by atoms with Gasteiger partial charge in [0.1, 0.15) is 5.82 Å². The molecule has 0 saturated heterocycles. The summed E-state index contributed by atoms with van der Waals surface area (Å²) in [5, 5.41) is 0. The maximum absolute atomic E-state index is 12.7. The topological polar surface area (TPSA) is 47.0 Å². The van der Waals surface area contributed by atoms with Crippen LogP contribution in [0.15, 0.2) is 54.9 Å². The summed E-state index contributed by atoms with van der Waals surface area (Å²) in [5.74, 6) is -0.539. The molecule has 2 aromatic rings. The average Bonchev–Trinajstić information content (AvgIpc) is 2.38. The van der Waals surface area contributed by atoms with Crippen LogP contribution in [0.2, 0.25) is 0 Å². The van der Waals surface area contributed by atoms with Gasteiger partial charge in [0.05, 0.1) is 6.08 Å². The van der Waals surface area contributed by atoms with Crippen LogP contribution in [-0.4, -0.2) is 5.78 Å². The number of nitrogens with two attached hydrogens (primary N) is 1. The molecule has 1 heterocycles. The van der Waals surface area contributed by atoms with Crippen molar-refractivity contribution >= 4 is 17.7 Å². The van der Waals surface area contributed by atoms with Crippen molar-refractivity contribution in [2.45, 2.75) is 0 Å². The van der Waals surface area contributed by atoms with Crippen LogP contribution < -0.4 is 22.7 Å². The lowest BCUT2D eigenvalue weighted by atomic mass is 10.1. The summed E-state index contributed by atoms with van der Waals surface area (Å²) in [7, 11) is 0. The number of carbonyl (C=O) groups excluding carboxylic acids is 1. The first-order valence-electron chi connectivity index (χ1n) is 5.39. The Morgan fingerprint density at radius 1 is 1.11 bits per heavy atom. The molecule has 98 valence electrons. The molecule has 2 rings (SSSR count). The molecule has 0 saturated carbocycles. The Morgan fingerprint density at radius 2 is 1.68 bits per heavy atom. The van der Waals surface area contributed by atoms with Crippen LogP contribution in [0.25, 0.3) is 6.20 Å². The number of ketones is 1. The number of benzene rings is 1. The van der Waals surface area contributed by atoms with Gasteiger partial charge in [0, 0.05) is 23.4 Å². The number of nitrogens with zero attached hydrogens (tertiary/aromatic N) is 1. The standard InChI is InChI=1S/C14H11FN2O.ClH/c15-12-3-1-11(2-4-12)14(18)7-10-17-8-5-13(16)6-9-17;/h1-10,16H;1H/b10-7+;. The van der Waals surface area contributed by atoms with Crippen LogP contribution in [0, 0.1) is 5.82 Å². The van der Waals surface area contributed by atoms with Gasteiger partial charge in [-0.15, -0.1) is 0 Å². The molecular weight excluding hydrogens is 267 g/mol. The predicted molar refractivity (Wildman–Crippen MR) is 67.1 cm³/mol. The van der Waals surface area contributed by atoms with Crippen LogP contribution in [0.4, 0.5) is 10.1 Å². The Hall–Kier alpha value is -2.20. The molecule has 0 amide bonds. The van der Waals surface area contributed by atoms with E-state index in [4.69, 9.17) is 5.73 Å². The van der Waals surface area contributed by atoms with Gasteiger partial charge in [-0.2, -0.15) is 4.57 Å². The number of hydrogen-bond acceptors (Lipinski definition) is 2. The van der Waals surface area contributed by atoms with E-state index in [0.717, 1.165) is 0 Å². The van der Waals surface area contributed by atoms with Crippen molar-refractivity contribution in [2.24, 2.45) is 0 Å². The van der Waals surface area contributed by atoms with Crippen LogP contribution in [-0.2, 0) is 0 Å². The lowest BCUT2D eigenvalue weighted by Gasteiger charge is -1.94. The predicted octanol–water partition coefficient (Wildman–Crippen LogP) is -0.947. The van der Waals surface area contributed by atoms with Gasteiger partial charge in [0.2, 0.25) is 0 Å². The molecular formula is C14H12ClFN2O. The first kappa shape index (κ1) is 14.9. The first-order valence-corrected chi connectivity index (χ1v) is 5.39. The summed E-state index contributed by atoms with van der Waals surface area (Å²) in [6.45, 7) is 0. The maximum atomic E-state index is 12.7. The molecule has 0 aliphatic carbocycles. The van der Waals surface area contributed by atoms with Gasteiger partial charge in [-0.1, -0.05) is 0 Å². The number of allylic oxidation sites excluding steroid dienone is 1. The number of halogens is 2. The highest BCUT2D eigenvalue weighted by Crippen LogP contribution is 2.04. The Kier molecular flexibility index (Phi) is 5.21. The number of rotatable bonds is 3. The lowest BCUT2D eigenvalue weighted by molar-refractivity contribution is -0.568. The Labute approximate surface area is 116 Å². The quantitative estimate of drug-likeness (QED) is 0.447. The summed E-state index contributed by atoms with van der Waals surface area (Å²) in [6.07, 6.45) is 6.52. The van der Waals surface area contributed by atoms with Gasteiger partial charge in [-0.25, -0.2) is 4.39 Å². The smallest absolute Gasteiger partial charge is 0.191 e. The van der Waals surface area contributed by atoms with Crippen LogP contribution in [0.5, 0.6) is 0 Å². The highest BCUT2D eigenvalue weighted by Gasteiger charge is 2.03. The number of aromatic nitrogens is 1. The van der Waals surface area contributed by atoms with E-state index in [9.17, 15) is 9.18 Å². The first-order chi connectivity index (χ1) is 8.65. The maximum Gasteiger partial charge on any atom is 0.191 e. The molecule has 0 atom stereocenters. The van der Waals surface area contributed by atoms with Crippen molar-refractivity contribution in [2.75, 3.05) is 5.73 Å². The molecule has 1 aromatic heterocycles. The van der Waals surface area contributed by atoms with Crippen molar-refractivity contribution in [3.63, 3.8) is 0 Å². The van der Waals surface area contributed by atoms with Crippen LogP contribution in [0.1, 0.15) is 10.4 Å². The molecule has 0 radical (unpaired) electrons. The van der Waals surface area contributed by atoms with Crippen molar-refractivity contribution in [3.8, 4) is 0 Å². The van der Waals surface area contributed by atoms with E-state index in [1.165, 1.54) is 30.3 Å². The van der Waals surface area contributed by atoms with E-state index < -0.39 is 0 Å². The Bertz CT molecular complexity index is 579. The molecule has 0 fully saturated rings. The summed E-state index contributed by atoms with van der Waals surface area (Å²) in [6, 6.07) is 8.89. The Morgan fingerprint density at radius 3 is 2.26 bits per heavy atom.